The van der Waals surface area contributed by atoms with Crippen molar-refractivity contribution < 1.29 is 14.3 Å². The van der Waals surface area contributed by atoms with Crippen molar-refractivity contribution in [2.24, 2.45) is 0 Å². The molecule has 1 aromatic carbocycles. The average Bonchev–Trinajstić information content (AvgIpc) is 3.51. The first kappa shape index (κ1) is 26.3. The van der Waals surface area contributed by atoms with Crippen LogP contribution in [0.5, 0.6) is 0 Å². The number of nitrogens with one attached hydrogen (secondary N) is 1. The fourth-order valence-corrected chi connectivity index (χ4v) is 9.29. The van der Waals surface area contributed by atoms with E-state index in [-0.39, 0.29) is 17.9 Å². The molecule has 6 nitrogen and oxygen atoms in total. The van der Waals surface area contributed by atoms with E-state index in [2.05, 4.69) is 33.0 Å². The van der Waals surface area contributed by atoms with Crippen molar-refractivity contribution in [1.29, 1.82) is 0 Å². The number of aryl methyl sites for hydroxylation is 2. The van der Waals surface area contributed by atoms with Crippen LogP contribution in [0.4, 0.5) is 5.00 Å². The summed E-state index contributed by atoms with van der Waals surface area (Å²) < 4.78 is 7.95. The number of esters is 1. The molecule has 4 aliphatic rings. The minimum atomic E-state index is -0.302. The topological polar surface area (TPSA) is 63.6 Å². The number of thiophene rings is 1. The second kappa shape index (κ2) is 11.0. The molecule has 3 heterocycles. The lowest BCUT2D eigenvalue weighted by Crippen LogP contribution is -2.43. The molecule has 1 atom stereocenters. The molecule has 0 bridgehead atoms. The van der Waals surface area contributed by atoms with Gasteiger partial charge in [0, 0.05) is 34.6 Å². The number of aromatic nitrogens is 1. The van der Waals surface area contributed by atoms with Crippen LogP contribution in [-0.4, -0.2) is 41.0 Å². The molecule has 1 fully saturated rings. The van der Waals surface area contributed by atoms with Crippen molar-refractivity contribution in [3.8, 4) is 0 Å². The third-order valence-corrected chi connectivity index (χ3v) is 11.0. The van der Waals surface area contributed by atoms with Crippen LogP contribution in [-0.2, 0) is 35.3 Å². The number of benzene rings is 1. The zero-order chi connectivity index (χ0) is 27.2. The van der Waals surface area contributed by atoms with Crippen molar-refractivity contribution in [2.75, 3.05) is 25.0 Å². The Morgan fingerprint density at radius 1 is 0.975 bits per heavy atom. The van der Waals surface area contributed by atoms with Gasteiger partial charge in [-0.05, 0) is 99.5 Å². The minimum Gasteiger partial charge on any atom is -0.462 e. The van der Waals surface area contributed by atoms with E-state index in [0.29, 0.717) is 29.6 Å². The minimum absolute atomic E-state index is 0.0274. The van der Waals surface area contributed by atoms with Gasteiger partial charge in [0.05, 0.1) is 24.8 Å². The second-order valence-corrected chi connectivity index (χ2v) is 13.3. The van der Waals surface area contributed by atoms with Crippen LogP contribution >= 0.6 is 11.3 Å². The van der Waals surface area contributed by atoms with E-state index in [9.17, 15) is 9.59 Å². The molecule has 3 aliphatic carbocycles. The highest BCUT2D eigenvalue weighted by Gasteiger charge is 2.36. The summed E-state index contributed by atoms with van der Waals surface area (Å²) >= 11 is 1.58. The monoisotopic (exact) mass is 559 g/mol. The van der Waals surface area contributed by atoms with Crippen LogP contribution in [0.2, 0.25) is 0 Å². The standard InChI is InChI=1S/C33H41N3O3S/c1-2-39-33(38)30-24-11-6-7-14-28(24)40-32(30)34-29(37)20-35-17-18-36-26-16-15-22(21-9-4-3-5-10-21)19-25(26)23-12-8-13-27(35)31(23)36/h15-16,19,21,27H,2-14,17-18,20H2,1H3,(H,34,37)/t27-/m0/s1. The van der Waals surface area contributed by atoms with Crippen LogP contribution in [0.15, 0.2) is 18.2 Å². The van der Waals surface area contributed by atoms with E-state index in [1.807, 2.05) is 6.92 Å². The van der Waals surface area contributed by atoms with Crippen LogP contribution in [0.25, 0.3) is 10.9 Å². The molecule has 0 radical (unpaired) electrons. The molecule has 0 spiro atoms. The largest absolute Gasteiger partial charge is 0.462 e. The van der Waals surface area contributed by atoms with E-state index in [1.165, 1.54) is 64.7 Å². The van der Waals surface area contributed by atoms with Crippen molar-refractivity contribution in [3.05, 3.63) is 51.0 Å². The Balaban J connectivity index is 1.13. The summed E-state index contributed by atoms with van der Waals surface area (Å²) in [5, 5.41) is 5.29. The van der Waals surface area contributed by atoms with Crippen LogP contribution in [0.3, 0.4) is 0 Å². The molecule has 40 heavy (non-hydrogen) atoms. The Kier molecular flexibility index (Phi) is 7.21. The molecule has 3 aromatic rings. The first-order valence-electron chi connectivity index (χ1n) is 15.6. The summed E-state index contributed by atoms with van der Waals surface area (Å²) in [6.07, 6.45) is 14.2. The Bertz CT molecular complexity index is 1450. The number of hydrogen-bond acceptors (Lipinski definition) is 5. The summed E-state index contributed by atoms with van der Waals surface area (Å²) in [4.78, 5) is 30.0. The number of amides is 1. The first-order chi connectivity index (χ1) is 19.6. The molecular formula is C33H41N3O3S. The van der Waals surface area contributed by atoms with Gasteiger partial charge in [0.25, 0.3) is 0 Å². The Morgan fingerprint density at radius 3 is 2.65 bits per heavy atom. The normalized spacial score (nSPS) is 21.2. The summed E-state index contributed by atoms with van der Waals surface area (Å²) in [5.41, 5.74) is 7.56. The lowest BCUT2D eigenvalue weighted by Gasteiger charge is -2.39. The number of carbonyl (C=O) groups excluding carboxylic acids is 2. The van der Waals surface area contributed by atoms with Crippen molar-refractivity contribution in [1.82, 2.24) is 9.47 Å². The maximum Gasteiger partial charge on any atom is 0.341 e. The number of hydrogen-bond donors (Lipinski definition) is 1. The molecule has 1 aliphatic heterocycles. The summed E-state index contributed by atoms with van der Waals surface area (Å²) in [7, 11) is 0. The number of anilines is 1. The van der Waals surface area contributed by atoms with Gasteiger partial charge in [-0.15, -0.1) is 11.3 Å². The van der Waals surface area contributed by atoms with Gasteiger partial charge >= 0.3 is 5.97 Å². The fraction of sp³-hybridized carbons (Fsp3) is 0.576. The lowest BCUT2D eigenvalue weighted by molar-refractivity contribution is -0.118. The maximum absolute atomic E-state index is 13.5. The quantitative estimate of drug-likeness (QED) is 0.326. The van der Waals surface area contributed by atoms with Gasteiger partial charge in [0.2, 0.25) is 5.91 Å². The fourth-order valence-electron chi connectivity index (χ4n) is 8.00. The number of carbonyl (C=O) groups is 2. The van der Waals surface area contributed by atoms with Gasteiger partial charge in [0.1, 0.15) is 5.00 Å². The molecule has 0 saturated heterocycles. The summed E-state index contributed by atoms with van der Waals surface area (Å²) in [5.74, 6) is 0.383. The molecule has 0 unspecified atom stereocenters. The van der Waals surface area contributed by atoms with Crippen LogP contribution < -0.4 is 5.32 Å². The Hall–Kier alpha value is -2.64. The summed E-state index contributed by atoms with van der Waals surface area (Å²) in [6.45, 7) is 4.30. The van der Waals surface area contributed by atoms with Crippen LogP contribution in [0.1, 0.15) is 114 Å². The molecule has 1 N–H and O–H groups in total. The lowest BCUT2D eigenvalue weighted by atomic mass is 9.83. The van der Waals surface area contributed by atoms with Crippen molar-refractivity contribution in [3.63, 3.8) is 0 Å². The van der Waals surface area contributed by atoms with Crippen LogP contribution in [0, 0.1) is 0 Å². The second-order valence-electron chi connectivity index (χ2n) is 12.2. The molecule has 7 rings (SSSR count). The predicted molar refractivity (Wildman–Crippen MR) is 161 cm³/mol. The van der Waals surface area contributed by atoms with Crippen molar-refractivity contribution in [2.45, 2.75) is 102 Å². The van der Waals surface area contributed by atoms with Gasteiger partial charge in [-0.3, -0.25) is 9.69 Å². The van der Waals surface area contributed by atoms with E-state index < -0.39 is 0 Å². The highest BCUT2D eigenvalue weighted by Crippen LogP contribution is 2.44. The Morgan fingerprint density at radius 2 is 1.80 bits per heavy atom. The predicted octanol–water partition coefficient (Wildman–Crippen LogP) is 7.14. The van der Waals surface area contributed by atoms with Crippen molar-refractivity contribution >= 4 is 39.1 Å². The van der Waals surface area contributed by atoms with Gasteiger partial charge in [-0.1, -0.05) is 25.3 Å². The van der Waals surface area contributed by atoms with E-state index in [4.69, 9.17) is 4.74 Å². The highest BCUT2D eigenvalue weighted by atomic mass is 32.1. The SMILES string of the molecule is CCOC(=O)c1c(NC(=O)CN2CCn3c4c(c5cc(C6CCCCC6)ccc53)CCC[C@@H]42)sc2c1CCCC2. The highest BCUT2D eigenvalue weighted by molar-refractivity contribution is 7.17. The molecule has 7 heteroatoms. The third kappa shape index (κ3) is 4.59. The Labute approximate surface area is 241 Å². The first-order valence-corrected chi connectivity index (χ1v) is 16.4. The number of fused-ring (bicyclic) bond motifs is 4. The molecule has 1 amide bonds. The number of nitrogens with zero attached hydrogens (tertiary/aromatic N) is 2. The maximum atomic E-state index is 13.5. The molecule has 212 valence electrons. The molecule has 2 aromatic heterocycles. The molecular weight excluding hydrogens is 518 g/mol. The summed E-state index contributed by atoms with van der Waals surface area (Å²) in [6, 6.07) is 7.56. The average molecular weight is 560 g/mol. The number of ether oxygens (including phenoxy) is 1. The van der Waals surface area contributed by atoms with E-state index in [0.717, 1.165) is 63.6 Å². The third-order valence-electron chi connectivity index (χ3n) is 9.84. The smallest absolute Gasteiger partial charge is 0.341 e. The van der Waals surface area contributed by atoms with E-state index >= 15 is 0 Å². The van der Waals surface area contributed by atoms with Gasteiger partial charge in [-0.2, -0.15) is 0 Å². The number of rotatable bonds is 6. The van der Waals surface area contributed by atoms with Gasteiger partial charge in [0.15, 0.2) is 0 Å². The zero-order valence-corrected chi connectivity index (χ0v) is 24.5. The zero-order valence-electron chi connectivity index (χ0n) is 23.7. The van der Waals surface area contributed by atoms with Gasteiger partial charge < -0.3 is 14.6 Å². The van der Waals surface area contributed by atoms with E-state index in [1.54, 1.807) is 11.3 Å². The van der Waals surface area contributed by atoms with Gasteiger partial charge in [-0.25, -0.2) is 4.79 Å². The molecule has 1 saturated carbocycles.